The van der Waals surface area contributed by atoms with Crippen LogP contribution in [0.5, 0.6) is 0 Å². The van der Waals surface area contributed by atoms with Crippen LogP contribution in [0.15, 0.2) is 6.20 Å². The van der Waals surface area contributed by atoms with Crippen LogP contribution >= 0.6 is 0 Å². The lowest BCUT2D eigenvalue weighted by molar-refractivity contribution is 0.0970. The molecule has 0 saturated heterocycles. The maximum Gasteiger partial charge on any atom is 0.179 e. The van der Waals surface area contributed by atoms with Crippen LogP contribution in [0.25, 0.3) is 0 Å². The number of aryl methyl sites for hydroxylation is 2. The zero-order valence-electron chi connectivity index (χ0n) is 18.7. The lowest BCUT2D eigenvalue weighted by Crippen LogP contribution is -2.07. The zero-order valence-corrected chi connectivity index (χ0v) is 18.7. The number of aromatic nitrogens is 1. The number of rotatable bonds is 17. The van der Waals surface area contributed by atoms with Gasteiger partial charge in [-0.2, -0.15) is 0 Å². The second-order valence-corrected chi connectivity index (χ2v) is 8.52. The Morgan fingerprint density at radius 1 is 0.741 bits per heavy atom. The predicted molar refractivity (Wildman–Crippen MR) is 119 cm³/mol. The van der Waals surface area contributed by atoms with E-state index in [1.807, 2.05) is 11.6 Å². The topological polar surface area (TPSA) is 22.0 Å². The van der Waals surface area contributed by atoms with Gasteiger partial charge in [-0.15, -0.1) is 0 Å². The molecule has 0 unspecified atom stereocenters. The van der Waals surface area contributed by atoms with Gasteiger partial charge in [0.25, 0.3) is 0 Å². The van der Waals surface area contributed by atoms with Crippen molar-refractivity contribution in [1.29, 1.82) is 0 Å². The first-order valence-corrected chi connectivity index (χ1v) is 11.7. The zero-order chi connectivity index (χ0) is 19.9. The van der Waals surface area contributed by atoms with Crippen LogP contribution in [-0.2, 0) is 7.05 Å². The summed E-state index contributed by atoms with van der Waals surface area (Å²) >= 11 is 0. The molecule has 27 heavy (non-hydrogen) atoms. The summed E-state index contributed by atoms with van der Waals surface area (Å²) in [6.07, 6.45) is 23.2. The molecule has 1 rings (SSSR count). The molecule has 0 bridgehead atoms. The molecule has 1 aromatic heterocycles. The van der Waals surface area contributed by atoms with Crippen molar-refractivity contribution in [3.8, 4) is 0 Å². The van der Waals surface area contributed by atoms with E-state index in [-0.39, 0.29) is 0 Å². The Hall–Kier alpha value is -1.05. The highest BCUT2D eigenvalue weighted by molar-refractivity contribution is 5.96. The summed E-state index contributed by atoms with van der Waals surface area (Å²) in [6.45, 7) is 6.43. The summed E-state index contributed by atoms with van der Waals surface area (Å²) in [6, 6.07) is 0. The van der Waals surface area contributed by atoms with Crippen LogP contribution in [0.2, 0.25) is 0 Å². The number of unbranched alkanes of at least 4 members (excludes halogenated alkanes) is 14. The standard InChI is InChI=1S/C25H45NO/c1-5-6-7-8-9-10-11-12-13-14-15-16-17-18-19-20-24(27)25-23(3)22(2)21-26(25)4/h21H,5-20H2,1-4H3. The fourth-order valence-corrected chi connectivity index (χ4v) is 4.08. The molecule has 0 atom stereocenters. The molecule has 0 aliphatic carbocycles. The minimum absolute atomic E-state index is 0.317. The molecule has 0 amide bonds. The van der Waals surface area contributed by atoms with Crippen molar-refractivity contribution in [1.82, 2.24) is 4.57 Å². The van der Waals surface area contributed by atoms with E-state index in [9.17, 15) is 4.79 Å². The highest BCUT2D eigenvalue weighted by Gasteiger charge is 2.14. The number of hydrogen-bond donors (Lipinski definition) is 0. The van der Waals surface area contributed by atoms with Crippen LogP contribution in [0.1, 0.15) is 131 Å². The van der Waals surface area contributed by atoms with E-state index in [1.165, 1.54) is 95.5 Å². The van der Waals surface area contributed by atoms with Gasteiger partial charge in [0.15, 0.2) is 5.78 Å². The molecule has 156 valence electrons. The number of nitrogens with zero attached hydrogens (tertiary/aromatic N) is 1. The van der Waals surface area contributed by atoms with E-state index in [1.54, 1.807) is 0 Å². The van der Waals surface area contributed by atoms with Crippen molar-refractivity contribution in [2.75, 3.05) is 0 Å². The van der Waals surface area contributed by atoms with Crippen LogP contribution in [0.4, 0.5) is 0 Å². The van der Waals surface area contributed by atoms with Gasteiger partial charge in [-0.3, -0.25) is 4.79 Å². The second-order valence-electron chi connectivity index (χ2n) is 8.52. The van der Waals surface area contributed by atoms with Crippen molar-refractivity contribution < 1.29 is 4.79 Å². The van der Waals surface area contributed by atoms with E-state index in [0.717, 1.165) is 17.7 Å². The number of carbonyl (C=O) groups excluding carboxylic acids is 1. The molecule has 0 N–H and O–H groups in total. The molecule has 0 fully saturated rings. The molecule has 2 nitrogen and oxygen atoms in total. The van der Waals surface area contributed by atoms with E-state index in [2.05, 4.69) is 27.0 Å². The van der Waals surface area contributed by atoms with Crippen molar-refractivity contribution in [2.45, 2.75) is 124 Å². The van der Waals surface area contributed by atoms with E-state index >= 15 is 0 Å². The summed E-state index contributed by atoms with van der Waals surface area (Å²) in [5.41, 5.74) is 3.29. The van der Waals surface area contributed by atoms with Gasteiger partial charge < -0.3 is 4.57 Å². The van der Waals surface area contributed by atoms with Gasteiger partial charge in [-0.25, -0.2) is 0 Å². The Bertz CT molecular complexity index is 515. The summed E-state index contributed by atoms with van der Waals surface area (Å²) in [5, 5.41) is 0. The van der Waals surface area contributed by atoms with Crippen LogP contribution in [0, 0.1) is 13.8 Å². The molecule has 1 aromatic rings. The lowest BCUT2D eigenvalue weighted by Gasteiger charge is -2.05. The van der Waals surface area contributed by atoms with Gasteiger partial charge in [-0.1, -0.05) is 96.8 Å². The first-order valence-electron chi connectivity index (χ1n) is 11.7. The fraction of sp³-hybridized carbons (Fsp3) is 0.800. The van der Waals surface area contributed by atoms with E-state index in [4.69, 9.17) is 0 Å². The van der Waals surface area contributed by atoms with Gasteiger partial charge in [0.1, 0.15) is 0 Å². The molecule has 0 spiro atoms. The molecule has 0 saturated carbocycles. The second kappa shape index (κ2) is 14.9. The van der Waals surface area contributed by atoms with Crippen molar-refractivity contribution in [2.24, 2.45) is 7.05 Å². The Kier molecular flexibility index (Phi) is 13.3. The Balaban J connectivity index is 1.90. The maximum absolute atomic E-state index is 12.4. The predicted octanol–water partition coefficient (Wildman–Crippen LogP) is 8.09. The summed E-state index contributed by atoms with van der Waals surface area (Å²) in [7, 11) is 1.99. The molecular weight excluding hydrogens is 330 g/mol. The minimum atomic E-state index is 0.317. The average Bonchev–Trinajstić information content (AvgIpc) is 2.90. The van der Waals surface area contributed by atoms with Gasteiger partial charge in [-0.05, 0) is 31.4 Å². The molecule has 0 aliphatic heterocycles. The third kappa shape index (κ3) is 10.2. The van der Waals surface area contributed by atoms with E-state index in [0.29, 0.717) is 12.2 Å². The highest BCUT2D eigenvalue weighted by Crippen LogP contribution is 2.18. The third-order valence-corrected chi connectivity index (χ3v) is 5.96. The van der Waals surface area contributed by atoms with Gasteiger partial charge in [0, 0.05) is 19.7 Å². The Morgan fingerprint density at radius 3 is 1.52 bits per heavy atom. The molecular formula is C25H45NO. The maximum atomic E-state index is 12.4. The average molecular weight is 376 g/mol. The SMILES string of the molecule is CCCCCCCCCCCCCCCCCC(=O)c1c(C)c(C)cn1C. The lowest BCUT2D eigenvalue weighted by atomic mass is 10.0. The van der Waals surface area contributed by atoms with Gasteiger partial charge >= 0.3 is 0 Å². The molecule has 1 heterocycles. The van der Waals surface area contributed by atoms with Crippen LogP contribution in [-0.4, -0.2) is 10.4 Å². The Labute approximate surface area is 169 Å². The minimum Gasteiger partial charge on any atom is -0.348 e. The highest BCUT2D eigenvalue weighted by atomic mass is 16.1. The third-order valence-electron chi connectivity index (χ3n) is 5.96. The number of Topliss-reactive ketones (excluding diaryl/α,β-unsaturated/α-hetero) is 1. The van der Waals surface area contributed by atoms with Crippen molar-refractivity contribution in [3.05, 3.63) is 23.0 Å². The Morgan fingerprint density at radius 2 is 1.15 bits per heavy atom. The number of hydrogen-bond acceptors (Lipinski definition) is 1. The largest absolute Gasteiger partial charge is 0.348 e. The number of carbonyl (C=O) groups is 1. The summed E-state index contributed by atoms with van der Waals surface area (Å²) in [4.78, 5) is 12.4. The van der Waals surface area contributed by atoms with Crippen LogP contribution in [0.3, 0.4) is 0 Å². The van der Waals surface area contributed by atoms with Crippen LogP contribution < -0.4 is 0 Å². The fourth-order valence-electron chi connectivity index (χ4n) is 4.08. The van der Waals surface area contributed by atoms with Crippen molar-refractivity contribution >= 4 is 5.78 Å². The summed E-state index contributed by atoms with van der Waals surface area (Å²) in [5.74, 6) is 0.317. The first kappa shape index (κ1) is 24.0. The quantitative estimate of drug-likeness (QED) is 0.199. The molecule has 2 heteroatoms. The monoisotopic (exact) mass is 375 g/mol. The van der Waals surface area contributed by atoms with E-state index < -0.39 is 0 Å². The first-order chi connectivity index (χ1) is 13.1. The van der Waals surface area contributed by atoms with Crippen molar-refractivity contribution in [3.63, 3.8) is 0 Å². The molecule has 0 aromatic carbocycles. The molecule has 0 radical (unpaired) electrons. The van der Waals surface area contributed by atoms with Gasteiger partial charge in [0.2, 0.25) is 0 Å². The molecule has 0 aliphatic rings. The van der Waals surface area contributed by atoms with Gasteiger partial charge in [0.05, 0.1) is 5.69 Å². The number of ketones is 1. The summed E-state index contributed by atoms with van der Waals surface area (Å²) < 4.78 is 2.00. The smallest absolute Gasteiger partial charge is 0.179 e. The normalized spacial score (nSPS) is 11.3.